The highest BCUT2D eigenvalue weighted by Gasteiger charge is 2.41. The van der Waals surface area contributed by atoms with Crippen molar-refractivity contribution in [2.24, 2.45) is 10.8 Å². The summed E-state index contributed by atoms with van der Waals surface area (Å²) in [5, 5.41) is 3.41. The van der Waals surface area contributed by atoms with Crippen molar-refractivity contribution < 1.29 is 28.4 Å². The van der Waals surface area contributed by atoms with Crippen LogP contribution in [0.15, 0.2) is 0 Å². The van der Waals surface area contributed by atoms with Gasteiger partial charge in [-0.25, -0.2) is 0 Å². The van der Waals surface area contributed by atoms with Gasteiger partial charge in [-0.2, -0.15) is 0 Å². The van der Waals surface area contributed by atoms with Crippen LogP contribution in [0.25, 0.3) is 0 Å². The summed E-state index contributed by atoms with van der Waals surface area (Å²) in [6, 6.07) is 0. The lowest BCUT2D eigenvalue weighted by molar-refractivity contribution is -0.0953. The molecule has 0 saturated heterocycles. The topological polar surface area (TPSA) is 67.4 Å². The maximum absolute atomic E-state index is 6.13. The number of hydrogen-bond acceptors (Lipinski definition) is 7. The summed E-state index contributed by atoms with van der Waals surface area (Å²) >= 11 is 0. The quantitative estimate of drug-likeness (QED) is 0.218. The van der Waals surface area contributed by atoms with Gasteiger partial charge in [0.25, 0.3) is 0 Å². The first-order chi connectivity index (χ1) is 16.1. The highest BCUT2D eigenvalue weighted by molar-refractivity contribution is 4.90. The molecule has 212 valence electrons. The molecular formula is C28H59NO6. The third kappa shape index (κ3) is 18.6. The van der Waals surface area contributed by atoms with Gasteiger partial charge < -0.3 is 33.7 Å². The van der Waals surface area contributed by atoms with E-state index < -0.39 is 0 Å². The predicted octanol–water partition coefficient (Wildman–Crippen LogP) is 5.10. The van der Waals surface area contributed by atoms with Gasteiger partial charge in [0.05, 0.1) is 71.2 Å². The van der Waals surface area contributed by atoms with Crippen LogP contribution in [0, 0.1) is 10.8 Å². The second-order valence-electron chi connectivity index (χ2n) is 12.5. The average molecular weight is 506 g/mol. The fraction of sp³-hybridized carbons (Fsp3) is 1.00. The standard InChI is InChI=1S/C28H59NO6/c1-24(34-22-20-32-18-19-33-21-23-35-26(5,6)7)28(10,11)27(8,9)12-14-30-16-17-31-15-13-29-25(2,3)4/h24,29H,12-23H2,1-11H3/t24-/m0/s1. The maximum Gasteiger partial charge on any atom is 0.0707 e. The lowest BCUT2D eigenvalue weighted by Crippen LogP contribution is -2.43. The first kappa shape index (κ1) is 34.7. The zero-order valence-electron chi connectivity index (χ0n) is 25.0. The molecule has 0 aromatic rings. The lowest BCUT2D eigenvalue weighted by Gasteiger charge is -2.45. The van der Waals surface area contributed by atoms with Crippen molar-refractivity contribution in [3.8, 4) is 0 Å². The Hall–Kier alpha value is -0.280. The Bertz CT molecular complexity index is 511. The van der Waals surface area contributed by atoms with Gasteiger partial charge in [0, 0.05) is 18.7 Å². The summed E-state index contributed by atoms with van der Waals surface area (Å²) in [5.41, 5.74) is 0.0557. The first-order valence-corrected chi connectivity index (χ1v) is 13.4. The van der Waals surface area contributed by atoms with Crippen molar-refractivity contribution >= 4 is 0 Å². The van der Waals surface area contributed by atoms with Crippen molar-refractivity contribution in [2.45, 2.75) is 99.8 Å². The molecule has 0 heterocycles. The van der Waals surface area contributed by atoms with E-state index in [1.165, 1.54) is 0 Å². The summed E-state index contributed by atoms with van der Waals surface area (Å²) in [7, 11) is 0. The highest BCUT2D eigenvalue weighted by atomic mass is 16.6. The molecule has 0 saturated carbocycles. The fourth-order valence-corrected chi connectivity index (χ4v) is 3.24. The Kier molecular flexibility index (Phi) is 17.1. The Morgan fingerprint density at radius 1 is 0.571 bits per heavy atom. The minimum atomic E-state index is -0.123. The number of nitrogens with one attached hydrogen (secondary N) is 1. The molecule has 0 unspecified atom stereocenters. The number of rotatable bonds is 21. The molecule has 0 bridgehead atoms. The summed E-state index contributed by atoms with van der Waals surface area (Å²) in [4.78, 5) is 0. The first-order valence-electron chi connectivity index (χ1n) is 13.4. The van der Waals surface area contributed by atoms with Crippen molar-refractivity contribution in [1.29, 1.82) is 0 Å². The summed E-state index contributed by atoms with van der Waals surface area (Å²) in [6.45, 7) is 30.9. The third-order valence-electron chi connectivity index (χ3n) is 6.64. The molecule has 0 fully saturated rings. The molecule has 0 aliphatic heterocycles. The smallest absolute Gasteiger partial charge is 0.0707 e. The molecule has 0 rings (SSSR count). The Labute approximate surface area is 217 Å². The average Bonchev–Trinajstić information content (AvgIpc) is 2.71. The van der Waals surface area contributed by atoms with Gasteiger partial charge in [0.15, 0.2) is 0 Å². The van der Waals surface area contributed by atoms with Gasteiger partial charge in [-0.1, -0.05) is 27.7 Å². The summed E-state index contributed by atoms with van der Waals surface area (Å²) in [5.74, 6) is 0. The molecule has 0 aliphatic carbocycles. The molecule has 0 amide bonds. The van der Waals surface area contributed by atoms with Crippen molar-refractivity contribution in [1.82, 2.24) is 5.32 Å². The van der Waals surface area contributed by atoms with Gasteiger partial charge in [0.2, 0.25) is 0 Å². The predicted molar refractivity (Wildman–Crippen MR) is 144 cm³/mol. The maximum atomic E-state index is 6.13. The lowest BCUT2D eigenvalue weighted by atomic mass is 9.63. The highest BCUT2D eigenvalue weighted by Crippen LogP contribution is 2.44. The minimum absolute atomic E-state index is 0.0123. The molecule has 0 spiro atoms. The zero-order chi connectivity index (χ0) is 27.0. The van der Waals surface area contributed by atoms with Crippen molar-refractivity contribution in [2.75, 3.05) is 72.6 Å². The van der Waals surface area contributed by atoms with Crippen LogP contribution in [0.2, 0.25) is 0 Å². The van der Waals surface area contributed by atoms with E-state index in [1.807, 2.05) is 20.8 Å². The van der Waals surface area contributed by atoms with E-state index in [4.69, 9.17) is 28.4 Å². The van der Waals surface area contributed by atoms with Gasteiger partial charge >= 0.3 is 0 Å². The molecule has 1 N–H and O–H groups in total. The molecule has 0 radical (unpaired) electrons. The fourth-order valence-electron chi connectivity index (χ4n) is 3.24. The van der Waals surface area contributed by atoms with Crippen LogP contribution in [0.3, 0.4) is 0 Å². The van der Waals surface area contributed by atoms with E-state index >= 15 is 0 Å². The zero-order valence-corrected chi connectivity index (χ0v) is 25.0. The van der Waals surface area contributed by atoms with E-state index in [1.54, 1.807) is 0 Å². The summed E-state index contributed by atoms with van der Waals surface area (Å²) < 4.78 is 34.4. The number of ether oxygens (including phenoxy) is 6. The van der Waals surface area contributed by atoms with E-state index in [0.29, 0.717) is 59.5 Å². The molecule has 0 aromatic heterocycles. The van der Waals surface area contributed by atoms with Crippen LogP contribution in [0.1, 0.15) is 82.6 Å². The van der Waals surface area contributed by atoms with Gasteiger partial charge in [-0.3, -0.25) is 0 Å². The molecular weight excluding hydrogens is 446 g/mol. The van der Waals surface area contributed by atoms with Crippen LogP contribution in [-0.2, 0) is 28.4 Å². The minimum Gasteiger partial charge on any atom is -0.379 e. The van der Waals surface area contributed by atoms with E-state index in [9.17, 15) is 0 Å². The normalized spacial score (nSPS) is 14.5. The third-order valence-corrected chi connectivity index (χ3v) is 6.64. The van der Waals surface area contributed by atoms with Crippen LogP contribution in [0.4, 0.5) is 0 Å². The monoisotopic (exact) mass is 505 g/mol. The second-order valence-corrected chi connectivity index (χ2v) is 12.5. The molecule has 0 aliphatic rings. The van der Waals surface area contributed by atoms with Crippen LogP contribution in [0.5, 0.6) is 0 Å². The van der Waals surface area contributed by atoms with Gasteiger partial charge in [0.1, 0.15) is 0 Å². The van der Waals surface area contributed by atoms with Crippen LogP contribution in [-0.4, -0.2) is 89.9 Å². The van der Waals surface area contributed by atoms with Crippen molar-refractivity contribution in [3.63, 3.8) is 0 Å². The SMILES string of the molecule is C[C@H](OCCOCCOCCOC(C)(C)C)C(C)(C)C(C)(C)CCOCCOCCNC(C)(C)C. The Morgan fingerprint density at radius 3 is 1.54 bits per heavy atom. The molecule has 7 nitrogen and oxygen atoms in total. The van der Waals surface area contributed by atoms with Crippen molar-refractivity contribution in [3.05, 3.63) is 0 Å². The van der Waals surface area contributed by atoms with E-state index in [0.717, 1.165) is 19.6 Å². The van der Waals surface area contributed by atoms with E-state index in [2.05, 4.69) is 60.7 Å². The second kappa shape index (κ2) is 17.3. The largest absolute Gasteiger partial charge is 0.379 e. The van der Waals surface area contributed by atoms with E-state index in [-0.39, 0.29) is 28.1 Å². The van der Waals surface area contributed by atoms with Gasteiger partial charge in [-0.15, -0.1) is 0 Å². The van der Waals surface area contributed by atoms with Gasteiger partial charge in [-0.05, 0) is 65.7 Å². The number of hydrogen-bond donors (Lipinski definition) is 1. The Morgan fingerprint density at radius 2 is 1.03 bits per heavy atom. The summed E-state index contributed by atoms with van der Waals surface area (Å²) in [6.07, 6.45) is 1.07. The van der Waals surface area contributed by atoms with Crippen LogP contribution < -0.4 is 5.32 Å². The molecule has 0 aromatic carbocycles. The Balaban J connectivity index is 3.89. The van der Waals surface area contributed by atoms with Crippen LogP contribution >= 0.6 is 0 Å². The molecule has 1 atom stereocenters. The molecule has 7 heteroatoms. The molecule has 35 heavy (non-hydrogen) atoms.